The van der Waals surface area contributed by atoms with Gasteiger partial charge in [0.1, 0.15) is 12.4 Å². The summed E-state index contributed by atoms with van der Waals surface area (Å²) in [6, 6.07) is 15.2. The van der Waals surface area contributed by atoms with E-state index in [2.05, 4.69) is 10.6 Å². The summed E-state index contributed by atoms with van der Waals surface area (Å²) in [6.45, 7) is 2.07. The van der Waals surface area contributed by atoms with Crippen molar-refractivity contribution in [3.05, 3.63) is 64.7 Å². The molecule has 2 aromatic carbocycles. The molecule has 2 N–H and O–H groups in total. The maximum atomic E-state index is 12.4. The van der Waals surface area contributed by atoms with Crippen molar-refractivity contribution in [1.29, 1.82) is 0 Å². The molecule has 3 rings (SSSR count). The number of rotatable bonds is 6. The van der Waals surface area contributed by atoms with Gasteiger partial charge in [0.2, 0.25) is 0 Å². The second kappa shape index (κ2) is 9.66. The van der Waals surface area contributed by atoms with Crippen molar-refractivity contribution in [3.8, 4) is 5.75 Å². The highest BCUT2D eigenvalue weighted by Gasteiger charge is 2.17. The number of para-hydroxylation sites is 1. The van der Waals surface area contributed by atoms with Crippen LogP contribution in [0.4, 0.5) is 0 Å². The van der Waals surface area contributed by atoms with Crippen LogP contribution >= 0.6 is 24.0 Å². The number of carbonyl (C=O) groups excluding carboxylic acids is 1. The van der Waals surface area contributed by atoms with Crippen molar-refractivity contribution in [2.45, 2.75) is 25.5 Å². The molecule has 1 saturated heterocycles. The average molecular weight is 381 g/mol. The predicted octanol–water partition coefficient (Wildman–Crippen LogP) is 3.82. The molecule has 1 unspecified atom stereocenters. The molecule has 2 aromatic rings. The van der Waals surface area contributed by atoms with Gasteiger partial charge in [-0.2, -0.15) is 0 Å². The molecule has 0 aliphatic carbocycles. The maximum Gasteiger partial charge on any atom is 0.255 e. The van der Waals surface area contributed by atoms with E-state index >= 15 is 0 Å². The molecular weight excluding hydrogens is 359 g/mol. The van der Waals surface area contributed by atoms with Crippen molar-refractivity contribution < 1.29 is 9.53 Å². The molecule has 4 nitrogen and oxygen atoms in total. The zero-order valence-corrected chi connectivity index (χ0v) is 15.4. The van der Waals surface area contributed by atoms with Gasteiger partial charge in [-0.15, -0.1) is 12.4 Å². The third-order valence-electron chi connectivity index (χ3n) is 4.11. The third kappa shape index (κ3) is 5.63. The second-order valence-corrected chi connectivity index (χ2v) is 6.35. The molecule has 1 heterocycles. The van der Waals surface area contributed by atoms with E-state index in [1.54, 1.807) is 6.07 Å². The van der Waals surface area contributed by atoms with Gasteiger partial charge in [-0.3, -0.25) is 4.79 Å². The zero-order valence-electron chi connectivity index (χ0n) is 13.8. The summed E-state index contributed by atoms with van der Waals surface area (Å²) in [7, 11) is 0. The monoisotopic (exact) mass is 380 g/mol. The largest absolute Gasteiger partial charge is 0.488 e. The van der Waals surface area contributed by atoms with Crippen LogP contribution in [0.25, 0.3) is 0 Å². The maximum absolute atomic E-state index is 12.4. The van der Waals surface area contributed by atoms with Gasteiger partial charge in [-0.05, 0) is 49.2 Å². The van der Waals surface area contributed by atoms with Crippen molar-refractivity contribution in [2.75, 3.05) is 13.1 Å². The fraction of sp³-hybridized carbons (Fsp3) is 0.316. The van der Waals surface area contributed by atoms with Gasteiger partial charge < -0.3 is 15.4 Å². The normalized spacial score (nSPS) is 16.1. The minimum Gasteiger partial charge on any atom is -0.488 e. The lowest BCUT2D eigenvalue weighted by Gasteiger charge is -2.14. The Labute approximate surface area is 159 Å². The molecule has 0 aromatic heterocycles. The lowest BCUT2D eigenvalue weighted by Crippen LogP contribution is -2.37. The van der Waals surface area contributed by atoms with Crippen LogP contribution in [0.5, 0.6) is 5.75 Å². The molecule has 1 fully saturated rings. The van der Waals surface area contributed by atoms with Crippen LogP contribution in [-0.2, 0) is 6.61 Å². The summed E-state index contributed by atoms with van der Waals surface area (Å²) >= 11 is 5.89. The first-order valence-electron chi connectivity index (χ1n) is 8.20. The van der Waals surface area contributed by atoms with E-state index in [0.29, 0.717) is 35.5 Å². The van der Waals surface area contributed by atoms with Crippen LogP contribution in [-0.4, -0.2) is 25.0 Å². The Kier molecular flexibility index (Phi) is 7.56. The minimum atomic E-state index is -0.101. The number of benzene rings is 2. The smallest absolute Gasteiger partial charge is 0.255 e. The fourth-order valence-corrected chi connectivity index (χ4v) is 2.89. The van der Waals surface area contributed by atoms with Crippen molar-refractivity contribution in [1.82, 2.24) is 10.6 Å². The van der Waals surface area contributed by atoms with Gasteiger partial charge in [0, 0.05) is 17.6 Å². The topological polar surface area (TPSA) is 50.4 Å². The van der Waals surface area contributed by atoms with Gasteiger partial charge in [0.25, 0.3) is 5.91 Å². The van der Waals surface area contributed by atoms with Crippen LogP contribution in [0.2, 0.25) is 5.02 Å². The van der Waals surface area contributed by atoms with Crippen LogP contribution in [0.1, 0.15) is 28.8 Å². The summed E-state index contributed by atoms with van der Waals surface area (Å²) in [6.07, 6.45) is 2.27. The van der Waals surface area contributed by atoms with Crippen molar-refractivity contribution in [3.63, 3.8) is 0 Å². The number of hydrogen-bond donors (Lipinski definition) is 2. The number of amides is 1. The van der Waals surface area contributed by atoms with Gasteiger partial charge in [-0.25, -0.2) is 0 Å². The van der Waals surface area contributed by atoms with Gasteiger partial charge >= 0.3 is 0 Å². The molecule has 0 radical (unpaired) electrons. The molecule has 6 heteroatoms. The molecule has 1 amide bonds. The summed E-state index contributed by atoms with van der Waals surface area (Å²) in [5.41, 5.74) is 1.56. The number of carbonyl (C=O) groups is 1. The van der Waals surface area contributed by atoms with Crippen LogP contribution in [0, 0.1) is 0 Å². The first-order chi connectivity index (χ1) is 11.7. The Morgan fingerprint density at radius 2 is 1.96 bits per heavy atom. The van der Waals surface area contributed by atoms with E-state index in [1.807, 2.05) is 42.5 Å². The summed E-state index contributed by atoms with van der Waals surface area (Å²) < 4.78 is 5.84. The van der Waals surface area contributed by atoms with Gasteiger partial charge in [-0.1, -0.05) is 35.9 Å². The Morgan fingerprint density at radius 3 is 2.68 bits per heavy atom. The minimum absolute atomic E-state index is 0. The van der Waals surface area contributed by atoms with Gasteiger partial charge in [0.05, 0.1) is 5.56 Å². The number of ether oxygens (including phenoxy) is 1. The molecule has 134 valence electrons. The molecule has 0 spiro atoms. The van der Waals surface area contributed by atoms with Gasteiger partial charge in [0.15, 0.2) is 0 Å². The number of nitrogens with one attached hydrogen (secondary N) is 2. The summed E-state index contributed by atoms with van der Waals surface area (Å²) in [5.74, 6) is 0.486. The quantitative estimate of drug-likeness (QED) is 0.800. The molecule has 1 atom stereocenters. The third-order valence-corrected chi connectivity index (χ3v) is 4.36. The zero-order chi connectivity index (χ0) is 16.8. The number of hydrogen-bond acceptors (Lipinski definition) is 3. The highest BCUT2D eigenvalue weighted by atomic mass is 35.5. The van der Waals surface area contributed by atoms with Crippen molar-refractivity contribution in [2.24, 2.45) is 0 Å². The SMILES string of the molecule is Cl.O=C(NCC1CCCN1)c1ccccc1OCc1ccc(Cl)cc1. The van der Waals surface area contributed by atoms with E-state index in [9.17, 15) is 4.79 Å². The predicted molar refractivity (Wildman–Crippen MR) is 103 cm³/mol. The van der Waals surface area contributed by atoms with E-state index in [-0.39, 0.29) is 18.3 Å². The van der Waals surface area contributed by atoms with E-state index in [4.69, 9.17) is 16.3 Å². The molecule has 1 aliphatic rings. The number of halogens is 2. The second-order valence-electron chi connectivity index (χ2n) is 5.91. The lowest BCUT2D eigenvalue weighted by molar-refractivity contribution is 0.0946. The Bertz CT molecular complexity index is 686. The highest BCUT2D eigenvalue weighted by molar-refractivity contribution is 6.30. The molecule has 25 heavy (non-hydrogen) atoms. The van der Waals surface area contributed by atoms with Crippen LogP contribution in [0.15, 0.2) is 48.5 Å². The Morgan fingerprint density at radius 1 is 1.20 bits per heavy atom. The average Bonchev–Trinajstić information content (AvgIpc) is 3.13. The fourth-order valence-electron chi connectivity index (χ4n) is 2.76. The Balaban J connectivity index is 0.00000225. The molecule has 0 bridgehead atoms. The molecule has 0 saturated carbocycles. The standard InChI is InChI=1S/C19H21ClN2O2.ClH/c20-15-9-7-14(8-10-15)13-24-18-6-2-1-5-17(18)19(23)22-12-16-4-3-11-21-16;/h1-2,5-10,16,21H,3-4,11-13H2,(H,22,23);1H. The molecule has 1 aliphatic heterocycles. The summed E-state index contributed by atoms with van der Waals surface area (Å²) in [5, 5.41) is 7.05. The van der Waals surface area contributed by atoms with E-state index in [0.717, 1.165) is 18.5 Å². The highest BCUT2D eigenvalue weighted by Crippen LogP contribution is 2.20. The van der Waals surface area contributed by atoms with E-state index < -0.39 is 0 Å². The van der Waals surface area contributed by atoms with Crippen molar-refractivity contribution >= 4 is 29.9 Å². The molecular formula is C19H22Cl2N2O2. The Hall–Kier alpha value is -1.75. The van der Waals surface area contributed by atoms with Crippen LogP contribution < -0.4 is 15.4 Å². The first-order valence-corrected chi connectivity index (χ1v) is 8.58. The lowest BCUT2D eigenvalue weighted by atomic mass is 10.1. The first kappa shape index (κ1) is 19.6. The summed E-state index contributed by atoms with van der Waals surface area (Å²) in [4.78, 5) is 12.4. The van der Waals surface area contributed by atoms with Crippen LogP contribution in [0.3, 0.4) is 0 Å². The van der Waals surface area contributed by atoms with E-state index in [1.165, 1.54) is 6.42 Å².